The summed E-state index contributed by atoms with van der Waals surface area (Å²) in [5.74, 6) is 0. The smallest absolute Gasteiger partial charge is 0.269 e. The summed E-state index contributed by atoms with van der Waals surface area (Å²) < 4.78 is 0. The van der Waals surface area contributed by atoms with Crippen LogP contribution in [0.2, 0.25) is 0 Å². The molecule has 2 N–H and O–H groups in total. The molecule has 0 aliphatic heterocycles. The Bertz CT molecular complexity index is 1020. The Morgan fingerprint density at radius 3 is 1.54 bits per heavy atom. The molecule has 0 radical (unpaired) electrons. The van der Waals surface area contributed by atoms with Crippen LogP contribution < -0.4 is 5.73 Å². The summed E-state index contributed by atoms with van der Waals surface area (Å²) in [7, 11) is 0. The highest BCUT2D eigenvalue weighted by molar-refractivity contribution is 5.64. The number of pyridine rings is 2. The zero-order valence-corrected chi connectivity index (χ0v) is 15.0. The van der Waals surface area contributed by atoms with Crippen molar-refractivity contribution in [1.82, 2.24) is 9.97 Å². The molecule has 2 aromatic carbocycles. The highest BCUT2D eigenvalue weighted by atomic mass is 16.6. The molecule has 4 aromatic rings. The minimum Gasteiger partial charge on any atom is -0.399 e. The number of nitro groups is 1. The number of nitrogens with zero attached hydrogens (tertiary/aromatic N) is 3. The first kappa shape index (κ1) is 18.7. The maximum Gasteiger partial charge on any atom is 0.269 e. The highest BCUT2D eigenvalue weighted by Gasteiger charge is 2.04. The molecule has 0 fully saturated rings. The Morgan fingerprint density at radius 2 is 1.14 bits per heavy atom. The van der Waals surface area contributed by atoms with Crippen LogP contribution in [0.3, 0.4) is 0 Å². The lowest BCUT2D eigenvalue weighted by molar-refractivity contribution is -0.384. The second kappa shape index (κ2) is 9.05. The molecule has 6 heteroatoms. The van der Waals surface area contributed by atoms with E-state index in [1.54, 1.807) is 30.7 Å². The minimum atomic E-state index is -0.410. The summed E-state index contributed by atoms with van der Waals surface area (Å²) in [5.41, 5.74) is 10.6. The first-order valence-electron chi connectivity index (χ1n) is 8.54. The number of rotatable bonds is 3. The van der Waals surface area contributed by atoms with Crippen LogP contribution in [-0.4, -0.2) is 14.9 Å². The number of nitro benzene ring substituents is 1. The minimum absolute atomic E-state index is 0.0997. The number of non-ortho nitro benzene ring substituents is 1. The van der Waals surface area contributed by atoms with E-state index in [0.29, 0.717) is 0 Å². The van der Waals surface area contributed by atoms with Crippen LogP contribution in [0.5, 0.6) is 0 Å². The maximum atomic E-state index is 10.4. The van der Waals surface area contributed by atoms with Gasteiger partial charge in [0.05, 0.1) is 4.92 Å². The lowest BCUT2D eigenvalue weighted by Gasteiger charge is -2.00. The number of nitrogen functional groups attached to an aromatic ring is 1. The SMILES string of the molecule is Nc1ccc(-c2cccnc2)cc1.O=[N+]([O-])c1ccc(-c2cccnc2)cc1. The average molecular weight is 370 g/mol. The van der Waals surface area contributed by atoms with Crippen LogP contribution in [0.1, 0.15) is 0 Å². The quantitative estimate of drug-likeness (QED) is 0.311. The molecule has 0 saturated carbocycles. The first-order chi connectivity index (χ1) is 13.6. The molecule has 0 saturated heterocycles. The van der Waals surface area contributed by atoms with Gasteiger partial charge in [-0.2, -0.15) is 0 Å². The fourth-order valence-electron chi connectivity index (χ4n) is 2.52. The fourth-order valence-corrected chi connectivity index (χ4v) is 2.52. The summed E-state index contributed by atoms with van der Waals surface area (Å²) >= 11 is 0. The second-order valence-corrected chi connectivity index (χ2v) is 5.91. The maximum absolute atomic E-state index is 10.4. The van der Waals surface area contributed by atoms with Crippen molar-refractivity contribution in [3.05, 3.63) is 108 Å². The zero-order chi connectivity index (χ0) is 19.8. The second-order valence-electron chi connectivity index (χ2n) is 5.91. The van der Waals surface area contributed by atoms with Crippen molar-refractivity contribution in [1.29, 1.82) is 0 Å². The van der Waals surface area contributed by atoms with Crippen LogP contribution >= 0.6 is 0 Å². The Hall–Kier alpha value is -4.06. The third-order valence-electron chi connectivity index (χ3n) is 3.98. The van der Waals surface area contributed by atoms with Crippen LogP contribution in [0.15, 0.2) is 97.6 Å². The molecule has 0 atom stereocenters. The summed E-state index contributed by atoms with van der Waals surface area (Å²) in [6.45, 7) is 0. The van der Waals surface area contributed by atoms with E-state index >= 15 is 0 Å². The van der Waals surface area contributed by atoms with Gasteiger partial charge in [-0.3, -0.25) is 20.1 Å². The molecule has 0 aliphatic rings. The molecule has 0 aliphatic carbocycles. The molecule has 0 amide bonds. The predicted octanol–water partition coefficient (Wildman–Crippen LogP) is 4.99. The summed E-state index contributed by atoms with van der Waals surface area (Å²) in [4.78, 5) is 18.1. The molecular weight excluding hydrogens is 352 g/mol. The molecule has 6 nitrogen and oxygen atoms in total. The zero-order valence-electron chi connectivity index (χ0n) is 15.0. The van der Waals surface area contributed by atoms with E-state index in [2.05, 4.69) is 9.97 Å². The molecule has 4 rings (SSSR count). The molecular formula is C22H18N4O2. The van der Waals surface area contributed by atoms with E-state index in [9.17, 15) is 10.1 Å². The van der Waals surface area contributed by atoms with E-state index in [0.717, 1.165) is 27.9 Å². The van der Waals surface area contributed by atoms with Crippen molar-refractivity contribution in [2.45, 2.75) is 0 Å². The van der Waals surface area contributed by atoms with E-state index in [1.807, 2.05) is 54.7 Å². The lowest BCUT2D eigenvalue weighted by atomic mass is 10.1. The average Bonchev–Trinajstić information content (AvgIpc) is 2.76. The molecule has 138 valence electrons. The molecule has 2 aromatic heterocycles. The number of benzene rings is 2. The third kappa shape index (κ3) is 4.98. The lowest BCUT2D eigenvalue weighted by Crippen LogP contribution is -1.87. The summed E-state index contributed by atoms with van der Waals surface area (Å²) in [5, 5.41) is 10.4. The Kier molecular flexibility index (Phi) is 6.05. The van der Waals surface area contributed by atoms with Crippen molar-refractivity contribution in [2.75, 3.05) is 5.73 Å². The summed E-state index contributed by atoms with van der Waals surface area (Å²) in [6, 6.07) is 21.9. The first-order valence-corrected chi connectivity index (χ1v) is 8.54. The molecule has 2 heterocycles. The number of anilines is 1. The van der Waals surface area contributed by atoms with E-state index in [4.69, 9.17) is 5.73 Å². The molecule has 0 bridgehead atoms. The van der Waals surface area contributed by atoms with Gasteiger partial charge in [0.15, 0.2) is 0 Å². The van der Waals surface area contributed by atoms with Gasteiger partial charge in [0.2, 0.25) is 0 Å². The molecule has 0 unspecified atom stereocenters. The van der Waals surface area contributed by atoms with Gasteiger partial charge < -0.3 is 5.73 Å². The predicted molar refractivity (Wildman–Crippen MR) is 110 cm³/mol. The highest BCUT2D eigenvalue weighted by Crippen LogP contribution is 2.21. The molecule has 28 heavy (non-hydrogen) atoms. The van der Waals surface area contributed by atoms with Gasteiger partial charge >= 0.3 is 0 Å². The van der Waals surface area contributed by atoms with Gasteiger partial charge in [-0.15, -0.1) is 0 Å². The van der Waals surface area contributed by atoms with Gasteiger partial charge in [-0.25, -0.2) is 0 Å². The van der Waals surface area contributed by atoms with E-state index < -0.39 is 4.92 Å². The number of nitrogens with two attached hydrogens (primary N) is 1. The van der Waals surface area contributed by atoms with Crippen molar-refractivity contribution >= 4 is 11.4 Å². The Balaban J connectivity index is 0.000000162. The van der Waals surface area contributed by atoms with Gasteiger partial charge in [-0.05, 0) is 58.7 Å². The largest absolute Gasteiger partial charge is 0.399 e. The third-order valence-corrected chi connectivity index (χ3v) is 3.98. The van der Waals surface area contributed by atoms with Crippen LogP contribution in [-0.2, 0) is 0 Å². The van der Waals surface area contributed by atoms with Crippen molar-refractivity contribution < 1.29 is 4.92 Å². The molecule has 0 spiro atoms. The van der Waals surface area contributed by atoms with Crippen molar-refractivity contribution in [2.24, 2.45) is 0 Å². The van der Waals surface area contributed by atoms with Crippen LogP contribution in [0.25, 0.3) is 22.3 Å². The van der Waals surface area contributed by atoms with Crippen molar-refractivity contribution in [3.63, 3.8) is 0 Å². The van der Waals surface area contributed by atoms with Crippen LogP contribution in [0.4, 0.5) is 11.4 Å². The number of hydrogen-bond donors (Lipinski definition) is 1. The fraction of sp³-hybridized carbons (Fsp3) is 0. The van der Waals surface area contributed by atoms with Gasteiger partial charge in [0.25, 0.3) is 5.69 Å². The Morgan fingerprint density at radius 1 is 0.679 bits per heavy atom. The van der Waals surface area contributed by atoms with E-state index in [1.165, 1.54) is 12.1 Å². The topological polar surface area (TPSA) is 94.9 Å². The van der Waals surface area contributed by atoms with Crippen molar-refractivity contribution in [3.8, 4) is 22.3 Å². The normalized spacial score (nSPS) is 9.86. The standard InChI is InChI=1S/C11H8N2O2.C11H10N2/c14-13(15)11-5-3-9(4-6-11)10-2-1-7-12-8-10;12-11-5-3-9(4-6-11)10-2-1-7-13-8-10/h1-8H;1-8H,12H2. The summed E-state index contributed by atoms with van der Waals surface area (Å²) in [6.07, 6.45) is 7.02. The van der Waals surface area contributed by atoms with Gasteiger partial charge in [-0.1, -0.05) is 24.3 Å². The van der Waals surface area contributed by atoms with Gasteiger partial charge in [0.1, 0.15) is 0 Å². The van der Waals surface area contributed by atoms with E-state index in [-0.39, 0.29) is 5.69 Å². The number of hydrogen-bond acceptors (Lipinski definition) is 5. The Labute approximate surface area is 162 Å². The van der Waals surface area contributed by atoms with Crippen LogP contribution in [0, 0.1) is 10.1 Å². The monoisotopic (exact) mass is 370 g/mol. The number of aromatic nitrogens is 2. The van der Waals surface area contributed by atoms with Gasteiger partial charge in [0, 0.05) is 42.6 Å².